The van der Waals surface area contributed by atoms with Gasteiger partial charge in [-0.25, -0.2) is 4.98 Å². The fourth-order valence-electron chi connectivity index (χ4n) is 2.79. The highest BCUT2D eigenvalue weighted by molar-refractivity contribution is 8.01. The van der Waals surface area contributed by atoms with Gasteiger partial charge < -0.3 is 16.0 Å². The number of hydrogen-bond acceptors (Lipinski definition) is 6. The molecule has 27 heavy (non-hydrogen) atoms. The number of benzene rings is 2. The smallest absolute Gasteiger partial charge is 0.238 e. The summed E-state index contributed by atoms with van der Waals surface area (Å²) in [7, 11) is 0. The van der Waals surface area contributed by atoms with Crippen molar-refractivity contribution < 1.29 is 9.59 Å². The summed E-state index contributed by atoms with van der Waals surface area (Å²) in [5.74, 6) is -0.255. The zero-order valence-electron chi connectivity index (χ0n) is 14.4. The number of anilines is 2. The van der Waals surface area contributed by atoms with Crippen molar-refractivity contribution in [2.24, 2.45) is 0 Å². The molecule has 0 spiro atoms. The van der Waals surface area contributed by atoms with Gasteiger partial charge in [-0.15, -0.1) is 11.8 Å². The Labute approximate surface area is 164 Å². The zero-order valence-corrected chi connectivity index (χ0v) is 16.0. The number of fused-ring (bicyclic) bond motifs is 2. The van der Waals surface area contributed by atoms with Crippen LogP contribution in [0.1, 0.15) is 6.42 Å². The summed E-state index contributed by atoms with van der Waals surface area (Å²) in [6, 6.07) is 15.6. The van der Waals surface area contributed by atoms with Gasteiger partial charge in [0.1, 0.15) is 0 Å². The number of nitrogens with zero attached hydrogens (tertiary/aromatic N) is 1. The molecule has 0 saturated heterocycles. The number of thiazole rings is 1. The molecular weight excluding hydrogens is 380 g/mol. The fraction of sp³-hybridized carbons (Fsp3) is 0.211. The summed E-state index contributed by atoms with van der Waals surface area (Å²) in [4.78, 5) is 29.8. The minimum Gasteiger partial charge on any atom is -0.360 e. The minimum atomic E-state index is -0.405. The van der Waals surface area contributed by atoms with Crippen LogP contribution in [0.5, 0.6) is 0 Å². The lowest BCUT2D eigenvalue weighted by atomic mass is 10.2. The second-order valence-electron chi connectivity index (χ2n) is 6.06. The van der Waals surface area contributed by atoms with E-state index >= 15 is 0 Å². The first-order chi connectivity index (χ1) is 13.2. The van der Waals surface area contributed by atoms with E-state index in [0.717, 1.165) is 25.9 Å². The molecule has 138 valence electrons. The molecule has 2 heterocycles. The molecule has 8 heteroatoms. The molecule has 4 rings (SSSR count). The Morgan fingerprint density at radius 3 is 2.81 bits per heavy atom. The van der Waals surface area contributed by atoms with Crippen molar-refractivity contribution in [2.75, 3.05) is 23.7 Å². The second kappa shape index (κ2) is 7.98. The maximum absolute atomic E-state index is 12.2. The van der Waals surface area contributed by atoms with E-state index in [0.29, 0.717) is 13.1 Å². The Morgan fingerprint density at radius 1 is 1.11 bits per heavy atom. The molecule has 1 atom stereocenters. The number of rotatable bonds is 6. The fourth-order valence-corrected chi connectivity index (χ4v) is 4.79. The van der Waals surface area contributed by atoms with Crippen LogP contribution in [-0.2, 0) is 9.59 Å². The molecule has 1 aliphatic heterocycles. The van der Waals surface area contributed by atoms with E-state index in [1.165, 1.54) is 11.8 Å². The molecule has 6 nitrogen and oxygen atoms in total. The molecule has 1 aliphatic rings. The largest absolute Gasteiger partial charge is 0.360 e. The monoisotopic (exact) mass is 398 g/mol. The first kappa shape index (κ1) is 17.8. The number of nitrogens with one attached hydrogen (secondary N) is 3. The van der Waals surface area contributed by atoms with Crippen LogP contribution in [0.15, 0.2) is 53.4 Å². The van der Waals surface area contributed by atoms with Crippen molar-refractivity contribution >= 4 is 55.9 Å². The SMILES string of the molecule is O=C(CC1Sc2ccccc2NC1=O)NCCNc1nc2ccccc2s1. The first-order valence-corrected chi connectivity index (χ1v) is 10.3. The standard InChI is InChI=1S/C19H18N4O2S2/c24-17(11-16-18(25)22-12-5-1-3-7-14(12)26-16)20-9-10-21-19-23-13-6-2-4-8-15(13)27-19/h1-8,16H,9-11H2,(H,20,24)(H,21,23)(H,22,25). The van der Waals surface area contributed by atoms with Crippen molar-refractivity contribution in [2.45, 2.75) is 16.6 Å². The lowest BCUT2D eigenvalue weighted by Gasteiger charge is -2.23. The molecule has 2 amide bonds. The number of para-hydroxylation sites is 2. The van der Waals surface area contributed by atoms with E-state index in [9.17, 15) is 9.59 Å². The van der Waals surface area contributed by atoms with Crippen LogP contribution in [0, 0.1) is 0 Å². The maximum Gasteiger partial charge on any atom is 0.238 e. The second-order valence-corrected chi connectivity index (χ2v) is 8.33. The van der Waals surface area contributed by atoms with Gasteiger partial charge in [-0.1, -0.05) is 35.6 Å². The minimum absolute atomic E-state index is 0.124. The lowest BCUT2D eigenvalue weighted by molar-refractivity contribution is -0.124. The Balaban J connectivity index is 1.23. The zero-order chi connectivity index (χ0) is 18.6. The molecule has 3 aromatic rings. The van der Waals surface area contributed by atoms with Gasteiger partial charge >= 0.3 is 0 Å². The van der Waals surface area contributed by atoms with Crippen LogP contribution in [0.3, 0.4) is 0 Å². The Morgan fingerprint density at radius 2 is 1.93 bits per heavy atom. The number of carbonyl (C=O) groups is 2. The molecule has 0 bridgehead atoms. The van der Waals surface area contributed by atoms with Crippen LogP contribution in [0.2, 0.25) is 0 Å². The number of amides is 2. The van der Waals surface area contributed by atoms with E-state index < -0.39 is 5.25 Å². The van der Waals surface area contributed by atoms with Gasteiger partial charge in [-0.05, 0) is 24.3 Å². The third kappa shape index (κ3) is 4.23. The summed E-state index contributed by atoms with van der Waals surface area (Å²) in [5, 5.41) is 9.37. The lowest BCUT2D eigenvalue weighted by Crippen LogP contribution is -2.36. The van der Waals surface area contributed by atoms with E-state index in [4.69, 9.17) is 0 Å². The van der Waals surface area contributed by atoms with E-state index in [1.807, 2.05) is 48.5 Å². The Hall–Kier alpha value is -2.58. The van der Waals surface area contributed by atoms with Crippen LogP contribution in [0.25, 0.3) is 10.2 Å². The average molecular weight is 399 g/mol. The molecule has 0 saturated carbocycles. The van der Waals surface area contributed by atoms with Crippen molar-refractivity contribution in [1.29, 1.82) is 0 Å². The van der Waals surface area contributed by atoms with Gasteiger partial charge in [0.2, 0.25) is 11.8 Å². The summed E-state index contributed by atoms with van der Waals surface area (Å²) in [6.45, 7) is 1.06. The third-order valence-corrected chi connectivity index (χ3v) is 6.36. The van der Waals surface area contributed by atoms with Crippen molar-refractivity contribution in [3.8, 4) is 0 Å². The van der Waals surface area contributed by atoms with Crippen molar-refractivity contribution in [3.05, 3.63) is 48.5 Å². The highest BCUT2D eigenvalue weighted by atomic mass is 32.2. The Bertz CT molecular complexity index is 956. The van der Waals surface area contributed by atoms with Crippen molar-refractivity contribution in [3.63, 3.8) is 0 Å². The van der Waals surface area contributed by atoms with Crippen LogP contribution in [0.4, 0.5) is 10.8 Å². The summed E-state index contributed by atoms with van der Waals surface area (Å²) < 4.78 is 1.13. The van der Waals surface area contributed by atoms with Gasteiger partial charge in [0.15, 0.2) is 5.13 Å². The van der Waals surface area contributed by atoms with Crippen LogP contribution >= 0.6 is 23.1 Å². The van der Waals surface area contributed by atoms with Gasteiger partial charge in [0, 0.05) is 24.4 Å². The Kier molecular flexibility index (Phi) is 5.26. The molecule has 0 radical (unpaired) electrons. The molecular formula is C19H18N4O2S2. The highest BCUT2D eigenvalue weighted by Crippen LogP contribution is 2.36. The summed E-state index contributed by atoms with van der Waals surface area (Å²) in [5.41, 5.74) is 1.78. The number of hydrogen-bond donors (Lipinski definition) is 3. The normalized spacial score (nSPS) is 15.9. The van der Waals surface area contributed by atoms with E-state index in [2.05, 4.69) is 20.9 Å². The van der Waals surface area contributed by atoms with Crippen LogP contribution < -0.4 is 16.0 Å². The molecule has 1 aromatic heterocycles. The first-order valence-electron chi connectivity index (χ1n) is 8.62. The number of aromatic nitrogens is 1. The van der Waals surface area contributed by atoms with Gasteiger partial charge in [-0.2, -0.15) is 0 Å². The molecule has 1 unspecified atom stereocenters. The van der Waals surface area contributed by atoms with Crippen LogP contribution in [-0.4, -0.2) is 35.1 Å². The average Bonchev–Trinajstić information content (AvgIpc) is 3.09. The van der Waals surface area contributed by atoms with Gasteiger partial charge in [0.05, 0.1) is 21.2 Å². The summed E-state index contributed by atoms with van der Waals surface area (Å²) in [6.07, 6.45) is 0.159. The van der Waals surface area contributed by atoms with E-state index in [1.54, 1.807) is 11.3 Å². The highest BCUT2D eigenvalue weighted by Gasteiger charge is 2.28. The maximum atomic E-state index is 12.2. The topological polar surface area (TPSA) is 83.1 Å². The molecule has 3 N–H and O–H groups in total. The predicted molar refractivity (Wildman–Crippen MR) is 110 cm³/mol. The quantitative estimate of drug-likeness (QED) is 0.555. The molecule has 2 aromatic carbocycles. The van der Waals surface area contributed by atoms with Gasteiger partial charge in [-0.3, -0.25) is 9.59 Å². The molecule has 0 fully saturated rings. The third-order valence-electron chi connectivity index (χ3n) is 4.09. The predicted octanol–water partition coefficient (Wildman–Crippen LogP) is 3.33. The molecule has 0 aliphatic carbocycles. The van der Waals surface area contributed by atoms with Crippen molar-refractivity contribution in [1.82, 2.24) is 10.3 Å². The number of thioether (sulfide) groups is 1. The van der Waals surface area contributed by atoms with Gasteiger partial charge in [0.25, 0.3) is 0 Å². The number of carbonyl (C=O) groups excluding carboxylic acids is 2. The van der Waals surface area contributed by atoms with E-state index in [-0.39, 0.29) is 18.2 Å². The summed E-state index contributed by atoms with van der Waals surface area (Å²) >= 11 is 3.02.